The Bertz CT molecular complexity index is 7360. The van der Waals surface area contributed by atoms with Crippen molar-refractivity contribution in [3.63, 3.8) is 0 Å². The number of aliphatic carboxylic acids is 1. The van der Waals surface area contributed by atoms with Gasteiger partial charge in [0.15, 0.2) is 23.3 Å². The van der Waals surface area contributed by atoms with E-state index in [9.17, 15) is 73.1 Å². The first kappa shape index (κ1) is 82.6. The molecule has 9 aliphatic heterocycles. The number of amides is 3. The predicted molar refractivity (Wildman–Crippen MR) is 433 cm³/mol. The molecular weight excluding hydrogens is 1840 g/mol. The van der Waals surface area contributed by atoms with E-state index in [1.165, 1.54) is 59.9 Å². The number of β-lactam (4-membered cyclic amide) rings is 1. The molecule has 21 rings (SSSR count). The van der Waals surface area contributed by atoms with Crippen LogP contribution in [-0.4, -0.2) is 194 Å². The van der Waals surface area contributed by atoms with Gasteiger partial charge in [0.1, 0.15) is 64.4 Å². The van der Waals surface area contributed by atoms with Crippen LogP contribution in [0.15, 0.2) is 231 Å². The van der Waals surface area contributed by atoms with Crippen LogP contribution in [-0.2, 0) is 84.0 Å². The molecule has 12 aromatic rings. The van der Waals surface area contributed by atoms with Gasteiger partial charge in [0, 0.05) is 111 Å². The number of pyridine rings is 6. The molecule has 43 heteroatoms. The summed E-state index contributed by atoms with van der Waals surface area (Å²) in [6, 6.07) is 42.8. The summed E-state index contributed by atoms with van der Waals surface area (Å²) in [6.07, 6.45) is 0. The van der Waals surface area contributed by atoms with Crippen molar-refractivity contribution in [1.29, 1.82) is 0 Å². The van der Waals surface area contributed by atoms with Gasteiger partial charge < -0.3 is 56.7 Å². The molecule has 2 atom stereocenters. The molecule has 0 aliphatic carbocycles. The fourth-order valence-corrected chi connectivity index (χ4v) is 21.6. The molecule has 0 saturated carbocycles. The van der Waals surface area contributed by atoms with E-state index < -0.39 is 114 Å². The van der Waals surface area contributed by atoms with Crippen molar-refractivity contribution in [3.05, 3.63) is 260 Å². The second kappa shape index (κ2) is 31.8. The number of carbonyl (C=O) groups is 5. The van der Waals surface area contributed by atoms with Crippen LogP contribution in [0.2, 0.25) is 0 Å². The number of amidine groups is 4. The summed E-state index contributed by atoms with van der Waals surface area (Å²) in [5.74, 6) is -5.56. The minimum Gasteiger partial charge on any atom is -0.744 e. The number of rotatable bonds is 12. The number of aromatic carboxylic acids is 1. The van der Waals surface area contributed by atoms with E-state index in [0.29, 0.717) is 73.0 Å². The second-order valence-corrected chi connectivity index (χ2v) is 37.1. The molecule has 612 valence electrons. The Labute approximate surface area is 750 Å². The molecule has 9 aliphatic rings. The van der Waals surface area contributed by atoms with Crippen molar-refractivity contribution in [2.75, 3.05) is 18.1 Å². The molecule has 0 radical (unpaired) electrons. The van der Waals surface area contributed by atoms with Crippen LogP contribution in [0.25, 0.3) is 55.7 Å². The normalized spacial score (nSPS) is 17.7. The SMILES string of the molecule is O.O=C(CNC(=O)c1cc2nc(c1)-c1cc(C(=O)[O-])cc(n1)CN1Cc3cccc(n3)-c3cccc(n3)CN(Cc3cccc(n3)-c3cccc(n3)C1)C2)NC1C(=O)N2C(C(=O)[O-])=C(CSc3ccc4c(c3)C3=NC4=Nc4c5cc(S(=O)(=O)[O-])ccc5c5[n]4[AlH][n]4c(c6ccc(S(=O)(=O)[O-])cc6c4=NC4=NC(=N5)c5cc(S(=O)(=O)[O-])ccc54)=N3)CSC12.[Eu+3]. The third kappa shape index (κ3) is 15.6. The van der Waals surface area contributed by atoms with Gasteiger partial charge in [-0.1, -0.05) is 24.3 Å². The zero-order chi connectivity index (χ0) is 83.4. The molecule has 20 bridgehead atoms. The van der Waals surface area contributed by atoms with Crippen LogP contribution in [0, 0.1) is 49.4 Å². The van der Waals surface area contributed by atoms with Crippen LogP contribution < -0.4 is 31.8 Å². The summed E-state index contributed by atoms with van der Waals surface area (Å²) in [5, 5.41) is 31.3. The minimum absolute atomic E-state index is 0. The summed E-state index contributed by atoms with van der Waals surface area (Å²) in [6.45, 7) is 0.456. The fourth-order valence-electron chi connectivity index (χ4n) is 15.9. The quantitative estimate of drug-likeness (QED) is 0.0762. The van der Waals surface area contributed by atoms with Crippen molar-refractivity contribution in [3.8, 4) is 34.2 Å². The van der Waals surface area contributed by atoms with Gasteiger partial charge in [-0.2, -0.15) is 0 Å². The monoisotopic (exact) mass is 1890 g/mol. The number of thioether (sulfide) groups is 2. The van der Waals surface area contributed by atoms with Crippen molar-refractivity contribution in [2.24, 2.45) is 30.0 Å². The van der Waals surface area contributed by atoms with Gasteiger partial charge in [-0.3, -0.25) is 29.1 Å². The van der Waals surface area contributed by atoms with E-state index in [4.69, 9.17) is 59.9 Å². The molecule has 3 amide bonds. The van der Waals surface area contributed by atoms with E-state index in [2.05, 4.69) is 10.6 Å². The number of carboxylic acids is 2. The average molecular weight is 1890 g/mol. The molecular formula is C80H53AlEuN19O17S5-2. The summed E-state index contributed by atoms with van der Waals surface area (Å²) >= 11 is 0.0194. The molecule has 1 fully saturated rings. The van der Waals surface area contributed by atoms with E-state index in [1.54, 1.807) is 31.4 Å². The number of nitrogens with one attached hydrogen (secondary N) is 2. The Kier molecular flexibility index (Phi) is 21.3. The molecule has 123 heavy (non-hydrogen) atoms. The van der Waals surface area contributed by atoms with E-state index in [0.717, 1.165) is 41.3 Å². The van der Waals surface area contributed by atoms with Gasteiger partial charge in [-0.25, -0.2) is 85.1 Å². The summed E-state index contributed by atoms with van der Waals surface area (Å²) in [5.41, 5.74) is 6.80. The summed E-state index contributed by atoms with van der Waals surface area (Å²) in [7, 11) is -15.3. The maximum absolute atomic E-state index is 14.7. The van der Waals surface area contributed by atoms with Gasteiger partial charge in [0.25, 0.3) is 11.8 Å². The van der Waals surface area contributed by atoms with Gasteiger partial charge in [-0.05, 0) is 151 Å². The molecule has 17 heterocycles. The standard InChI is InChI=1S/C80H57N19O16S5.Al.Eu.H2O.H/c100-65(29-81-76(101)38-21-45-34-97-30-41-5-1-9-59(82-41)61-11-3-7-43(84-61)32-98(35-46-22-39(79(103)104)24-64(87-46)63(23-38)86-45)33-44-8-4-12-62(85-44)60-10-2-6-42(31-97)83-60)88-66-77(102)99-67(80(105)106)40(37-117-78(66)99)36-116-47-13-17-51-55(25-47)72-89-68(51)91-73-57-27-49(119(110,111)112)15-19-53(57)70(93-73)95-75-58-28-50(120(113,114)115)16-20-54(58)71(96-75)94-74-56-26-48(118(107,108)109)14-18-52(56)69(90-72)92-74;;;;/h1-28,66,78H,29-37H2,(H9,81,82,83,84,85,86,87,88,89,90,91,92,93,94,95,96,100,101,103,104,105,106,107,108,109,110,111,112,113,114,115);;;1H2;/q;+2;+3;;/p-7. The third-order valence-corrected chi connectivity index (χ3v) is 28.0. The number of nitrogens with zero attached hydrogens (tertiary/aromatic N) is 17. The number of carboxylic acid groups (broad SMARTS) is 2. The first-order valence-electron chi connectivity index (χ1n) is 37.0. The summed E-state index contributed by atoms with van der Waals surface area (Å²) in [4.78, 5) is 133. The van der Waals surface area contributed by atoms with Crippen molar-refractivity contribution >= 4 is 156 Å². The summed E-state index contributed by atoms with van der Waals surface area (Å²) < 4.78 is 117. The van der Waals surface area contributed by atoms with Crippen LogP contribution in [0.4, 0.5) is 11.6 Å². The van der Waals surface area contributed by atoms with Gasteiger partial charge in [0.05, 0.1) is 107 Å². The van der Waals surface area contributed by atoms with Gasteiger partial charge in [0.2, 0.25) is 5.91 Å². The maximum Gasteiger partial charge on any atom is 3.00 e. The van der Waals surface area contributed by atoms with E-state index in [-0.39, 0.29) is 212 Å². The number of fused-ring (bicyclic) bond motifs is 15. The zero-order valence-electron chi connectivity index (χ0n) is 62.9. The van der Waals surface area contributed by atoms with Crippen molar-refractivity contribution in [2.45, 2.75) is 70.3 Å². The first-order valence-corrected chi connectivity index (χ1v) is 44.5. The number of benzene rings is 4. The van der Waals surface area contributed by atoms with Crippen LogP contribution in [0.3, 0.4) is 0 Å². The van der Waals surface area contributed by atoms with Crippen LogP contribution in [0.1, 0.15) is 77.1 Å². The minimum atomic E-state index is -5.14. The molecule has 0 spiro atoms. The Morgan fingerprint density at radius 2 is 0.927 bits per heavy atom. The predicted octanol–water partition coefficient (Wildman–Crippen LogP) is 1.78. The molecule has 4 N–H and O–H groups in total. The Hall–Kier alpha value is -11.3. The largest absolute Gasteiger partial charge is 3.00 e. The zero-order valence-corrected chi connectivity index (χ0v) is 70.9. The molecule has 2 unspecified atom stereocenters. The second-order valence-electron chi connectivity index (χ2n) is 29.2. The molecule has 36 nitrogen and oxygen atoms in total. The molecule has 4 aromatic carbocycles. The first-order chi connectivity index (χ1) is 58.1. The number of carbonyl (C=O) groups excluding carboxylic acids is 5. The molecule has 1 saturated heterocycles. The average Bonchev–Trinajstić information content (AvgIpc) is 1.69. The number of aliphatic imine (C=N–C) groups is 4. The fraction of sp³-hybridized carbons (Fsp3) is 0.138. The van der Waals surface area contributed by atoms with Gasteiger partial charge in [-0.15, -0.1) is 23.5 Å². The number of hydrogen-bond donors (Lipinski definition) is 2. The van der Waals surface area contributed by atoms with Crippen LogP contribution >= 0.6 is 23.5 Å². The van der Waals surface area contributed by atoms with E-state index >= 15 is 0 Å². The van der Waals surface area contributed by atoms with Gasteiger partial charge >= 0.3 is 65.0 Å². The molecule has 8 aromatic heterocycles. The maximum atomic E-state index is 14.7. The van der Waals surface area contributed by atoms with Crippen LogP contribution in [0.5, 0.6) is 0 Å². The Balaban J connectivity index is 0.00000516. The van der Waals surface area contributed by atoms with E-state index in [1.807, 2.05) is 82.6 Å². The Morgan fingerprint density at radius 1 is 0.472 bits per heavy atom. The topological polar surface area (TPSA) is 530 Å². The number of hydrogen-bond acceptors (Lipinski definition) is 32. The smallest absolute Gasteiger partial charge is 0.744 e. The third-order valence-electron chi connectivity index (χ3n) is 21.3. The number of aromatic nitrogens is 8. The van der Waals surface area contributed by atoms with Crippen molar-refractivity contribution in [1.82, 2.24) is 62.3 Å². The van der Waals surface area contributed by atoms with Crippen molar-refractivity contribution < 1.29 is 128 Å². The Morgan fingerprint density at radius 3 is 1.48 bits per heavy atom.